The number of benzene rings is 2. The van der Waals surface area contributed by atoms with Crippen LogP contribution in [0.15, 0.2) is 60.7 Å². The quantitative estimate of drug-likeness (QED) is 0.764. The van der Waals surface area contributed by atoms with Gasteiger partial charge in [-0.2, -0.15) is 0 Å². The Morgan fingerprint density at radius 1 is 0.960 bits per heavy atom. The van der Waals surface area contributed by atoms with Crippen LogP contribution in [0.1, 0.15) is 11.1 Å². The average molecular weight is 355 g/mol. The zero-order chi connectivity index (χ0) is 17.5. The molecule has 0 unspecified atom stereocenters. The number of nitrogens with zero attached hydrogens (tertiary/aromatic N) is 2. The highest BCUT2D eigenvalue weighted by Crippen LogP contribution is 2.11. The minimum atomic E-state index is 0.0983. The van der Waals surface area contributed by atoms with Gasteiger partial charge in [-0.15, -0.1) is 0 Å². The molecule has 25 heavy (non-hydrogen) atoms. The lowest BCUT2D eigenvalue weighted by atomic mass is 10.1. The average Bonchev–Trinajstić information content (AvgIpc) is 2.67. The molecule has 0 radical (unpaired) electrons. The zero-order valence-corrected chi connectivity index (χ0v) is 15.0. The zero-order valence-electron chi connectivity index (χ0n) is 14.3. The highest BCUT2D eigenvalue weighted by atomic mass is 35.5. The van der Waals surface area contributed by atoms with Gasteiger partial charge in [0.1, 0.15) is 0 Å². The molecule has 2 aromatic carbocycles. The predicted octanol–water partition coefficient (Wildman–Crippen LogP) is 3.74. The van der Waals surface area contributed by atoms with E-state index in [-0.39, 0.29) is 5.91 Å². The van der Waals surface area contributed by atoms with E-state index in [1.807, 2.05) is 53.4 Å². The first kappa shape index (κ1) is 17.7. The molecule has 0 N–H and O–H groups in total. The number of hydrogen-bond donors (Lipinski definition) is 0. The van der Waals surface area contributed by atoms with Crippen molar-refractivity contribution in [2.75, 3.05) is 32.7 Å². The Hall–Kier alpha value is -2.10. The molecule has 0 spiro atoms. The third-order valence-corrected chi connectivity index (χ3v) is 4.78. The van der Waals surface area contributed by atoms with E-state index in [4.69, 9.17) is 11.6 Å². The molecule has 1 saturated heterocycles. The van der Waals surface area contributed by atoms with Gasteiger partial charge in [0.15, 0.2) is 0 Å². The van der Waals surface area contributed by atoms with Gasteiger partial charge in [0.25, 0.3) is 0 Å². The maximum Gasteiger partial charge on any atom is 0.246 e. The van der Waals surface area contributed by atoms with E-state index < -0.39 is 0 Å². The second kappa shape index (κ2) is 8.84. The molecule has 2 aromatic rings. The van der Waals surface area contributed by atoms with Crippen molar-refractivity contribution in [3.05, 3.63) is 76.8 Å². The fraction of sp³-hybridized carbons (Fsp3) is 0.286. The summed E-state index contributed by atoms with van der Waals surface area (Å²) in [6, 6.07) is 18.0. The second-order valence-electron chi connectivity index (χ2n) is 6.29. The minimum Gasteiger partial charge on any atom is -0.337 e. The highest BCUT2D eigenvalue weighted by Gasteiger charge is 2.19. The van der Waals surface area contributed by atoms with E-state index in [9.17, 15) is 4.79 Å². The number of carbonyl (C=O) groups is 1. The molecule has 3 nitrogen and oxygen atoms in total. The lowest BCUT2D eigenvalue weighted by Gasteiger charge is -2.34. The van der Waals surface area contributed by atoms with Crippen molar-refractivity contribution in [3.8, 4) is 0 Å². The van der Waals surface area contributed by atoms with Gasteiger partial charge in [-0.3, -0.25) is 9.69 Å². The van der Waals surface area contributed by atoms with Gasteiger partial charge < -0.3 is 4.90 Å². The summed E-state index contributed by atoms with van der Waals surface area (Å²) in [5, 5.41) is 0.777. The standard InChI is InChI=1S/C21H23ClN2O/c22-20-9-6-19(7-10-20)12-13-23-14-16-24(17-15-23)21(25)11-8-18-4-2-1-3-5-18/h1-11H,12-17H2. The third-order valence-electron chi connectivity index (χ3n) is 4.53. The lowest BCUT2D eigenvalue weighted by molar-refractivity contribution is -0.127. The van der Waals surface area contributed by atoms with Crippen LogP contribution in [-0.2, 0) is 11.2 Å². The van der Waals surface area contributed by atoms with Crippen LogP contribution < -0.4 is 0 Å². The van der Waals surface area contributed by atoms with E-state index in [0.29, 0.717) is 0 Å². The van der Waals surface area contributed by atoms with E-state index >= 15 is 0 Å². The monoisotopic (exact) mass is 354 g/mol. The Balaban J connectivity index is 1.42. The summed E-state index contributed by atoms with van der Waals surface area (Å²) in [4.78, 5) is 16.6. The van der Waals surface area contributed by atoms with Crippen molar-refractivity contribution in [1.29, 1.82) is 0 Å². The molecule has 0 aliphatic carbocycles. The normalized spacial score (nSPS) is 15.6. The summed E-state index contributed by atoms with van der Waals surface area (Å²) in [6.45, 7) is 4.46. The van der Waals surface area contributed by atoms with E-state index in [1.54, 1.807) is 6.08 Å². The Morgan fingerprint density at radius 2 is 1.64 bits per heavy atom. The molecule has 1 fully saturated rings. The topological polar surface area (TPSA) is 23.6 Å². The maximum absolute atomic E-state index is 12.3. The van der Waals surface area contributed by atoms with Gasteiger partial charge in [-0.05, 0) is 35.8 Å². The summed E-state index contributed by atoms with van der Waals surface area (Å²) in [6.07, 6.45) is 4.58. The van der Waals surface area contributed by atoms with Gasteiger partial charge in [-0.1, -0.05) is 54.1 Å². The number of amides is 1. The first-order chi connectivity index (χ1) is 12.2. The number of halogens is 1. The molecule has 0 atom stereocenters. The van der Waals surface area contributed by atoms with Crippen LogP contribution in [0.5, 0.6) is 0 Å². The Kier molecular flexibility index (Phi) is 6.26. The second-order valence-corrected chi connectivity index (χ2v) is 6.72. The molecule has 3 rings (SSSR count). The summed E-state index contributed by atoms with van der Waals surface area (Å²) in [5.74, 6) is 0.0983. The molecule has 4 heteroatoms. The Morgan fingerprint density at radius 3 is 2.32 bits per heavy atom. The number of hydrogen-bond acceptors (Lipinski definition) is 2. The fourth-order valence-electron chi connectivity index (χ4n) is 2.97. The number of carbonyl (C=O) groups excluding carboxylic acids is 1. The smallest absolute Gasteiger partial charge is 0.246 e. The van der Waals surface area contributed by atoms with Crippen molar-refractivity contribution >= 4 is 23.6 Å². The van der Waals surface area contributed by atoms with Crippen LogP contribution >= 0.6 is 11.6 Å². The van der Waals surface area contributed by atoms with E-state index in [1.165, 1.54) is 5.56 Å². The van der Waals surface area contributed by atoms with Crippen LogP contribution in [0.4, 0.5) is 0 Å². The summed E-state index contributed by atoms with van der Waals surface area (Å²) in [7, 11) is 0. The van der Waals surface area contributed by atoms with E-state index in [2.05, 4.69) is 17.0 Å². The fourth-order valence-corrected chi connectivity index (χ4v) is 3.09. The largest absolute Gasteiger partial charge is 0.337 e. The van der Waals surface area contributed by atoms with Crippen LogP contribution in [0.3, 0.4) is 0 Å². The highest BCUT2D eigenvalue weighted by molar-refractivity contribution is 6.30. The van der Waals surface area contributed by atoms with Crippen LogP contribution in [0, 0.1) is 0 Å². The minimum absolute atomic E-state index is 0.0983. The summed E-state index contributed by atoms with van der Waals surface area (Å²) in [5.41, 5.74) is 2.35. The third kappa shape index (κ3) is 5.45. The molecule has 130 valence electrons. The van der Waals surface area contributed by atoms with E-state index in [0.717, 1.165) is 49.7 Å². The first-order valence-electron chi connectivity index (χ1n) is 8.69. The van der Waals surface area contributed by atoms with Gasteiger partial charge in [0.2, 0.25) is 5.91 Å². The van der Waals surface area contributed by atoms with Crippen LogP contribution in [-0.4, -0.2) is 48.4 Å². The van der Waals surface area contributed by atoms with Gasteiger partial charge in [0.05, 0.1) is 0 Å². The molecule has 0 aromatic heterocycles. The number of piperazine rings is 1. The van der Waals surface area contributed by atoms with Crippen molar-refractivity contribution in [3.63, 3.8) is 0 Å². The maximum atomic E-state index is 12.3. The van der Waals surface area contributed by atoms with Crippen molar-refractivity contribution in [1.82, 2.24) is 9.80 Å². The molecule has 1 aliphatic heterocycles. The summed E-state index contributed by atoms with van der Waals surface area (Å²) < 4.78 is 0. The first-order valence-corrected chi connectivity index (χ1v) is 9.07. The van der Waals surface area contributed by atoms with Crippen LogP contribution in [0.2, 0.25) is 5.02 Å². The molecule has 0 saturated carbocycles. The molecule has 1 amide bonds. The molecular formula is C21H23ClN2O. The SMILES string of the molecule is O=C(C=Cc1ccccc1)N1CCN(CCc2ccc(Cl)cc2)CC1. The Bertz CT molecular complexity index is 704. The number of rotatable bonds is 5. The van der Waals surface area contributed by atoms with Crippen LogP contribution in [0.25, 0.3) is 6.08 Å². The molecule has 0 bridgehead atoms. The van der Waals surface area contributed by atoms with Gasteiger partial charge in [-0.25, -0.2) is 0 Å². The Labute approximate surface area is 154 Å². The summed E-state index contributed by atoms with van der Waals surface area (Å²) >= 11 is 5.92. The molecule has 1 heterocycles. The molecule has 1 aliphatic rings. The predicted molar refractivity (Wildman–Crippen MR) is 104 cm³/mol. The van der Waals surface area contributed by atoms with Crippen molar-refractivity contribution < 1.29 is 4.79 Å². The molecular weight excluding hydrogens is 332 g/mol. The van der Waals surface area contributed by atoms with Crippen molar-refractivity contribution in [2.45, 2.75) is 6.42 Å². The van der Waals surface area contributed by atoms with Gasteiger partial charge >= 0.3 is 0 Å². The van der Waals surface area contributed by atoms with Crippen molar-refractivity contribution in [2.24, 2.45) is 0 Å². The lowest BCUT2D eigenvalue weighted by Crippen LogP contribution is -2.48. The van der Waals surface area contributed by atoms with Gasteiger partial charge in [0, 0.05) is 43.8 Å².